The van der Waals surface area contributed by atoms with Crippen LogP contribution >= 0.6 is 11.6 Å². The van der Waals surface area contributed by atoms with Gasteiger partial charge in [0.05, 0.1) is 0 Å². The number of hydrogen-bond acceptors (Lipinski definition) is 7. The molecule has 1 aromatic carbocycles. The molecule has 2 aromatic rings. The maximum absolute atomic E-state index is 12.6. The van der Waals surface area contributed by atoms with E-state index in [1.807, 2.05) is 24.3 Å². The molecule has 2 aliphatic rings. The lowest BCUT2D eigenvalue weighted by Crippen LogP contribution is -2.45. The first kappa shape index (κ1) is 23.5. The van der Waals surface area contributed by atoms with Crippen molar-refractivity contribution >= 4 is 35.1 Å². The third-order valence-electron chi connectivity index (χ3n) is 6.33. The number of amides is 2. The molecular formula is C23H33ClN8O. The fraction of sp³-hybridized carbons (Fsp3) is 0.522. The summed E-state index contributed by atoms with van der Waals surface area (Å²) in [6.45, 7) is 9.98. The molecule has 2 amide bonds. The molecule has 0 spiro atoms. The zero-order chi connectivity index (χ0) is 23.2. The van der Waals surface area contributed by atoms with E-state index < -0.39 is 0 Å². The molecule has 0 aliphatic carbocycles. The lowest BCUT2D eigenvalue weighted by Gasteiger charge is -2.34. The number of halogens is 1. The van der Waals surface area contributed by atoms with Crippen LogP contribution in [-0.4, -0.2) is 84.7 Å². The fourth-order valence-electron chi connectivity index (χ4n) is 4.34. The Bertz CT molecular complexity index is 950. The first-order valence-corrected chi connectivity index (χ1v) is 12.0. The van der Waals surface area contributed by atoms with Crippen LogP contribution < -0.4 is 20.9 Å². The molecule has 0 radical (unpaired) electrons. The van der Waals surface area contributed by atoms with E-state index in [4.69, 9.17) is 11.6 Å². The first-order chi connectivity index (χ1) is 16.0. The molecule has 33 heavy (non-hydrogen) atoms. The summed E-state index contributed by atoms with van der Waals surface area (Å²) in [6.07, 6.45) is 2.59. The highest BCUT2D eigenvalue weighted by atomic mass is 35.5. The number of piperazine rings is 1. The van der Waals surface area contributed by atoms with Crippen molar-refractivity contribution in [2.24, 2.45) is 0 Å². The molecule has 3 N–H and O–H groups in total. The van der Waals surface area contributed by atoms with Crippen LogP contribution in [0.1, 0.15) is 18.9 Å². The number of carbonyl (C=O) groups is 1. The number of hydrogen-bond donors (Lipinski definition) is 3. The van der Waals surface area contributed by atoms with Gasteiger partial charge in [0.2, 0.25) is 5.95 Å². The van der Waals surface area contributed by atoms with Crippen molar-refractivity contribution in [3.63, 3.8) is 0 Å². The summed E-state index contributed by atoms with van der Waals surface area (Å²) >= 11 is 6.54. The number of anilines is 3. The molecule has 2 aliphatic heterocycles. The molecule has 1 atom stereocenters. The van der Waals surface area contributed by atoms with Gasteiger partial charge in [-0.1, -0.05) is 24.6 Å². The number of rotatable bonds is 7. The van der Waals surface area contributed by atoms with Gasteiger partial charge in [0, 0.05) is 75.8 Å². The summed E-state index contributed by atoms with van der Waals surface area (Å²) in [5, 5.41) is 9.61. The van der Waals surface area contributed by atoms with Crippen molar-refractivity contribution in [2.75, 3.05) is 68.4 Å². The predicted octanol–water partition coefficient (Wildman–Crippen LogP) is 2.71. The SMILES string of the molecule is CCN1CCN(Cc2ccc(NC(=O)NC3CCN(c4ccnc(NC)n4)C3)cc2Cl)CC1. The Labute approximate surface area is 200 Å². The normalized spacial score (nSPS) is 19.5. The largest absolute Gasteiger partial charge is 0.357 e. The van der Waals surface area contributed by atoms with Crippen molar-refractivity contribution in [3.05, 3.63) is 41.0 Å². The second kappa shape index (κ2) is 11.0. The van der Waals surface area contributed by atoms with E-state index in [0.29, 0.717) is 23.2 Å². The molecule has 1 unspecified atom stereocenters. The van der Waals surface area contributed by atoms with Gasteiger partial charge in [-0.15, -0.1) is 0 Å². The van der Waals surface area contributed by atoms with Gasteiger partial charge in [-0.05, 0) is 36.7 Å². The molecule has 0 bridgehead atoms. The van der Waals surface area contributed by atoms with E-state index in [2.05, 4.69) is 47.5 Å². The number of carbonyl (C=O) groups excluding carboxylic acids is 1. The van der Waals surface area contributed by atoms with Crippen molar-refractivity contribution in [2.45, 2.75) is 25.9 Å². The molecule has 2 fully saturated rings. The number of aromatic nitrogens is 2. The van der Waals surface area contributed by atoms with Crippen LogP contribution in [0.15, 0.2) is 30.5 Å². The molecule has 4 rings (SSSR count). The van der Waals surface area contributed by atoms with Crippen molar-refractivity contribution in [1.82, 2.24) is 25.1 Å². The molecule has 3 heterocycles. The predicted molar refractivity (Wildman–Crippen MR) is 133 cm³/mol. The van der Waals surface area contributed by atoms with E-state index in [1.54, 1.807) is 13.2 Å². The summed E-state index contributed by atoms with van der Waals surface area (Å²) in [7, 11) is 1.80. The van der Waals surface area contributed by atoms with Gasteiger partial charge >= 0.3 is 6.03 Å². The zero-order valence-corrected chi connectivity index (χ0v) is 20.1. The first-order valence-electron chi connectivity index (χ1n) is 11.6. The highest BCUT2D eigenvalue weighted by Gasteiger charge is 2.25. The Balaban J connectivity index is 1.26. The van der Waals surface area contributed by atoms with E-state index in [9.17, 15) is 4.79 Å². The van der Waals surface area contributed by atoms with Crippen LogP contribution in [0.3, 0.4) is 0 Å². The average Bonchev–Trinajstić information content (AvgIpc) is 3.29. The molecule has 2 saturated heterocycles. The molecule has 10 heteroatoms. The smallest absolute Gasteiger partial charge is 0.319 e. The standard InChI is InChI=1S/C23H33ClN8O/c1-3-30-10-12-31(13-11-30)15-17-4-5-18(14-20(17)24)27-23(33)28-19-7-9-32(16-19)21-6-8-26-22(25-2)29-21/h4-6,8,14,19H,3,7,9-13,15-16H2,1-2H3,(H,25,26,29)(H2,27,28,33). The summed E-state index contributed by atoms with van der Waals surface area (Å²) in [4.78, 5) is 28.2. The topological polar surface area (TPSA) is 88.7 Å². The Hall–Kier alpha value is -2.62. The minimum absolute atomic E-state index is 0.0505. The van der Waals surface area contributed by atoms with E-state index >= 15 is 0 Å². The number of nitrogens with zero attached hydrogens (tertiary/aromatic N) is 5. The Morgan fingerprint density at radius 2 is 1.94 bits per heavy atom. The number of urea groups is 1. The average molecular weight is 473 g/mol. The minimum atomic E-state index is -0.222. The maximum atomic E-state index is 12.6. The third-order valence-corrected chi connectivity index (χ3v) is 6.68. The summed E-state index contributed by atoms with van der Waals surface area (Å²) in [6, 6.07) is 7.48. The Morgan fingerprint density at radius 3 is 2.67 bits per heavy atom. The lowest BCUT2D eigenvalue weighted by atomic mass is 10.1. The van der Waals surface area contributed by atoms with E-state index in [-0.39, 0.29) is 12.1 Å². The molecule has 0 saturated carbocycles. The van der Waals surface area contributed by atoms with Gasteiger partial charge in [0.15, 0.2) is 0 Å². The Kier molecular flexibility index (Phi) is 7.85. The summed E-state index contributed by atoms with van der Waals surface area (Å²) < 4.78 is 0. The van der Waals surface area contributed by atoms with Crippen molar-refractivity contribution < 1.29 is 4.79 Å². The maximum Gasteiger partial charge on any atom is 0.319 e. The lowest BCUT2D eigenvalue weighted by molar-refractivity contribution is 0.132. The third kappa shape index (κ3) is 6.25. The van der Waals surface area contributed by atoms with Gasteiger partial charge in [-0.25, -0.2) is 9.78 Å². The monoisotopic (exact) mass is 472 g/mol. The van der Waals surface area contributed by atoms with Crippen molar-refractivity contribution in [3.8, 4) is 0 Å². The highest BCUT2D eigenvalue weighted by Crippen LogP contribution is 2.23. The van der Waals surface area contributed by atoms with Crippen LogP contribution in [-0.2, 0) is 6.54 Å². The molecule has 1 aromatic heterocycles. The molecule has 9 nitrogen and oxygen atoms in total. The second-order valence-corrected chi connectivity index (χ2v) is 8.94. The van der Waals surface area contributed by atoms with Crippen LogP contribution in [0.5, 0.6) is 0 Å². The molecule has 178 valence electrons. The summed E-state index contributed by atoms with van der Waals surface area (Å²) in [5.74, 6) is 1.45. The second-order valence-electron chi connectivity index (χ2n) is 8.54. The van der Waals surface area contributed by atoms with Gasteiger partial charge < -0.3 is 25.8 Å². The van der Waals surface area contributed by atoms with Gasteiger partial charge in [-0.2, -0.15) is 4.98 Å². The van der Waals surface area contributed by atoms with Crippen LogP contribution in [0, 0.1) is 0 Å². The molecular weight excluding hydrogens is 440 g/mol. The highest BCUT2D eigenvalue weighted by molar-refractivity contribution is 6.31. The van der Waals surface area contributed by atoms with Crippen molar-refractivity contribution in [1.29, 1.82) is 0 Å². The van der Waals surface area contributed by atoms with Gasteiger partial charge in [0.25, 0.3) is 0 Å². The van der Waals surface area contributed by atoms with Crippen LogP contribution in [0.25, 0.3) is 0 Å². The van der Waals surface area contributed by atoms with Crippen LogP contribution in [0.2, 0.25) is 5.02 Å². The Morgan fingerprint density at radius 1 is 1.15 bits per heavy atom. The fourth-order valence-corrected chi connectivity index (χ4v) is 4.58. The van der Waals surface area contributed by atoms with Crippen LogP contribution in [0.4, 0.5) is 22.2 Å². The summed E-state index contributed by atoms with van der Waals surface area (Å²) in [5.41, 5.74) is 1.78. The minimum Gasteiger partial charge on any atom is -0.357 e. The zero-order valence-electron chi connectivity index (χ0n) is 19.4. The van der Waals surface area contributed by atoms with Gasteiger partial charge in [0.1, 0.15) is 5.82 Å². The van der Waals surface area contributed by atoms with E-state index in [1.165, 1.54) is 0 Å². The quantitative estimate of drug-likeness (QED) is 0.571. The number of benzene rings is 1. The van der Waals surface area contributed by atoms with E-state index in [0.717, 1.165) is 63.6 Å². The van der Waals surface area contributed by atoms with Gasteiger partial charge in [-0.3, -0.25) is 4.90 Å². The number of nitrogens with one attached hydrogen (secondary N) is 3. The number of likely N-dealkylation sites (N-methyl/N-ethyl adjacent to an activating group) is 1.